The molecule has 27 nitrogen and oxygen atoms in total. The van der Waals surface area contributed by atoms with Crippen LogP contribution in [0.1, 0.15) is 114 Å². The van der Waals surface area contributed by atoms with Crippen LogP contribution in [0.4, 0.5) is 24.5 Å². The Morgan fingerprint density at radius 1 is 0.820 bits per heavy atom. The number of ether oxygens (including phenoxy) is 4. The highest BCUT2D eigenvalue weighted by Crippen LogP contribution is 2.47. The molecule has 10 atom stereocenters. The Morgan fingerprint density at radius 2 is 1.45 bits per heavy atom. The van der Waals surface area contributed by atoms with Gasteiger partial charge < -0.3 is 76.6 Å². The third-order valence-electron chi connectivity index (χ3n) is 14.2. The normalized spacial score (nSPS) is 20.9. The Balaban J connectivity index is 0.00000194. The van der Waals surface area contributed by atoms with Crippen molar-refractivity contribution in [3.63, 3.8) is 0 Å². The second kappa shape index (κ2) is 33.7. The molecule has 3 heterocycles. The van der Waals surface area contributed by atoms with Gasteiger partial charge in [-0.3, -0.25) is 39.4 Å². The summed E-state index contributed by atoms with van der Waals surface area (Å²) in [7, 11) is 0. The average Bonchev–Trinajstić information content (AvgIpc) is 1.64. The zero-order valence-corrected chi connectivity index (χ0v) is 48.8. The van der Waals surface area contributed by atoms with Crippen molar-refractivity contribution < 1.29 is 101 Å². The lowest BCUT2D eigenvalue weighted by Crippen LogP contribution is -2.65. The number of carboxylic acid groups (broad SMARTS) is 2. The molecule has 0 radical (unpaired) electrons. The van der Waals surface area contributed by atoms with Gasteiger partial charge in [-0.25, -0.2) is 9.59 Å². The van der Waals surface area contributed by atoms with Gasteiger partial charge in [0.25, 0.3) is 5.69 Å². The molecule has 4 aromatic rings. The monoisotopic (exact) mass is 1260 g/mol. The lowest BCUT2D eigenvalue weighted by Gasteiger charge is -2.42. The number of aliphatic hydroxyl groups is 4. The zero-order valence-electron chi connectivity index (χ0n) is 48.8. The highest BCUT2D eigenvalue weighted by atomic mass is 19.4. The van der Waals surface area contributed by atoms with E-state index in [0.29, 0.717) is 18.4 Å². The molecule has 12 N–H and O–H groups in total. The van der Waals surface area contributed by atoms with Crippen molar-refractivity contribution in [1.29, 1.82) is 0 Å². The molecule has 0 spiro atoms. The van der Waals surface area contributed by atoms with E-state index in [4.69, 9.17) is 34.6 Å². The first-order valence-electron chi connectivity index (χ1n) is 28.7. The summed E-state index contributed by atoms with van der Waals surface area (Å²) < 4.78 is 56.9. The maximum Gasteiger partial charge on any atom is 0.490 e. The number of nitrogens with zero attached hydrogens (tertiary/aromatic N) is 2. The molecule has 0 saturated carbocycles. The maximum atomic E-state index is 14.8. The number of rotatable bonds is 26. The van der Waals surface area contributed by atoms with Crippen LogP contribution in [-0.2, 0) is 46.3 Å². The van der Waals surface area contributed by atoms with Gasteiger partial charge in [-0.15, -0.1) is 0 Å². The van der Waals surface area contributed by atoms with Crippen LogP contribution >= 0.6 is 0 Å². The maximum absolute atomic E-state index is 14.8. The van der Waals surface area contributed by atoms with Crippen molar-refractivity contribution in [2.45, 2.75) is 171 Å². The highest BCUT2D eigenvalue weighted by molar-refractivity contribution is 5.94. The number of nitro groups is 2. The number of carboxylic acids is 2. The van der Waals surface area contributed by atoms with E-state index in [9.17, 15) is 82.9 Å². The Kier molecular flexibility index (Phi) is 27.0. The zero-order chi connectivity index (χ0) is 65.7. The van der Waals surface area contributed by atoms with Gasteiger partial charge >= 0.3 is 23.8 Å². The van der Waals surface area contributed by atoms with Gasteiger partial charge in [0.2, 0.25) is 41.4 Å². The van der Waals surface area contributed by atoms with Crippen molar-refractivity contribution in [3.05, 3.63) is 122 Å². The number of halogens is 3. The number of non-ortho nitro benzene ring substituents is 1. The van der Waals surface area contributed by atoms with Gasteiger partial charge in [0.15, 0.2) is 17.6 Å². The third-order valence-corrected chi connectivity index (χ3v) is 14.2. The minimum absolute atomic E-state index is 0.0176. The number of carbonyl (C=O) groups is 6. The number of nitrogens with one attached hydrogen (secondary N) is 4. The van der Waals surface area contributed by atoms with Crippen molar-refractivity contribution in [1.82, 2.24) is 21.3 Å². The molecule has 0 aromatic heterocycles. The summed E-state index contributed by atoms with van der Waals surface area (Å²) in [5.74, 6) is -10.4. The first-order chi connectivity index (χ1) is 42.1. The third kappa shape index (κ3) is 21.3. The number of nitrogens with two attached hydrogens (primary N) is 1. The fraction of sp³-hybridized carbons (Fsp3) is 0.492. The van der Waals surface area contributed by atoms with Crippen molar-refractivity contribution >= 4 is 46.9 Å². The second-order valence-electron chi connectivity index (χ2n) is 21.7. The summed E-state index contributed by atoms with van der Waals surface area (Å²) in [4.78, 5) is 102. The van der Waals surface area contributed by atoms with Crippen LogP contribution in [0.15, 0.2) is 84.9 Å². The van der Waals surface area contributed by atoms with Gasteiger partial charge in [0.05, 0.1) is 28.5 Å². The Morgan fingerprint density at radius 3 is 2.02 bits per heavy atom. The number of aliphatic hydroxyl groups excluding tert-OH is 4. The Hall–Kier alpha value is -8.55. The first kappa shape index (κ1) is 71.2. The van der Waals surface area contributed by atoms with Crippen LogP contribution < -0.4 is 41.2 Å². The van der Waals surface area contributed by atoms with Gasteiger partial charge in [-0.1, -0.05) is 109 Å². The van der Waals surface area contributed by atoms with Crippen LogP contribution in [0.2, 0.25) is 0 Å². The Labute approximate surface area is 508 Å². The van der Waals surface area contributed by atoms with Crippen LogP contribution in [-0.4, -0.2) is 144 Å². The minimum Gasteiger partial charge on any atom is -0.479 e. The van der Waals surface area contributed by atoms with Crippen LogP contribution in [0, 0.1) is 26.1 Å². The van der Waals surface area contributed by atoms with E-state index in [1.807, 2.05) is 13.8 Å². The molecule has 3 aliphatic rings. The number of fused-ring (bicyclic) bond motifs is 9. The van der Waals surface area contributed by atoms with E-state index in [0.717, 1.165) is 81.3 Å². The van der Waals surface area contributed by atoms with Crippen molar-refractivity contribution in [2.75, 3.05) is 6.61 Å². The molecule has 89 heavy (non-hydrogen) atoms. The summed E-state index contributed by atoms with van der Waals surface area (Å²) in [5, 5.41) is 97.4. The molecule has 1 saturated heterocycles. The fourth-order valence-electron chi connectivity index (χ4n) is 9.56. The van der Waals surface area contributed by atoms with Gasteiger partial charge in [0.1, 0.15) is 42.2 Å². The number of alkyl halides is 3. The van der Waals surface area contributed by atoms with Gasteiger partial charge in [-0.2, -0.15) is 13.2 Å². The van der Waals surface area contributed by atoms with E-state index >= 15 is 0 Å². The van der Waals surface area contributed by atoms with Crippen molar-refractivity contribution in [2.24, 2.45) is 11.7 Å². The number of unbranched alkanes of at least 4 members (excludes halogenated alkanes) is 8. The summed E-state index contributed by atoms with van der Waals surface area (Å²) in [6, 6.07) is 10.6. The Bertz CT molecular complexity index is 3070. The lowest BCUT2D eigenvalue weighted by molar-refractivity contribution is -0.385. The molecule has 4 bridgehead atoms. The molecule has 4 aromatic carbocycles. The van der Waals surface area contributed by atoms with Crippen LogP contribution in [0.3, 0.4) is 0 Å². The van der Waals surface area contributed by atoms with Gasteiger partial charge in [-0.05, 0) is 65.8 Å². The summed E-state index contributed by atoms with van der Waals surface area (Å²) in [5.41, 5.74) is 5.36. The molecular formula is C59H74F3N7O20. The molecule has 30 heteroatoms. The minimum atomic E-state index is -5.08. The molecule has 7 rings (SSSR count). The molecule has 1 fully saturated rings. The van der Waals surface area contributed by atoms with E-state index in [2.05, 4.69) is 28.2 Å². The van der Waals surface area contributed by atoms with E-state index in [1.165, 1.54) is 18.2 Å². The SMILES string of the molecule is CCCCCCCCCCCC(=O)N[C@H]1[C@H](Oc2c(Oc3ccc([N+](=O)[O-])cc3)cc3cc2Oc2ccc(cc2[N+](=O)[O-])C[C@@H](NC(=O)[C@H](N)CC(C)C)C(=O)N[C@@H](Cc2ccccc2)C(=O)N[C@H]3[C@@H](O)C(=O)O)O[C@H](CO)[C@@H](O)[C@@H]1O.O=C(O)C(F)(F)F. The number of hydrogen-bond donors (Lipinski definition) is 11. The topological polar surface area (TPSA) is 421 Å². The smallest absolute Gasteiger partial charge is 0.479 e. The molecule has 0 aliphatic carbocycles. The summed E-state index contributed by atoms with van der Waals surface area (Å²) in [6.07, 6.45) is -6.57. The lowest BCUT2D eigenvalue weighted by atomic mass is 9.96. The average molecular weight is 1260 g/mol. The van der Waals surface area contributed by atoms with E-state index < -0.39 is 154 Å². The summed E-state index contributed by atoms with van der Waals surface area (Å²) >= 11 is 0. The number of nitro benzene ring substituents is 2. The van der Waals surface area contributed by atoms with E-state index in [1.54, 1.807) is 30.3 Å². The second-order valence-corrected chi connectivity index (χ2v) is 21.7. The molecule has 4 amide bonds. The first-order valence-corrected chi connectivity index (χ1v) is 28.7. The number of carbonyl (C=O) groups excluding carboxylic acids is 4. The predicted octanol–water partition coefficient (Wildman–Crippen LogP) is 5.69. The highest BCUT2D eigenvalue weighted by Gasteiger charge is 2.47. The van der Waals surface area contributed by atoms with E-state index in [-0.39, 0.29) is 47.7 Å². The van der Waals surface area contributed by atoms with Gasteiger partial charge in [0, 0.05) is 37.5 Å². The largest absolute Gasteiger partial charge is 0.490 e. The number of benzene rings is 4. The predicted molar refractivity (Wildman–Crippen MR) is 308 cm³/mol. The fourth-order valence-corrected chi connectivity index (χ4v) is 9.56. The number of aliphatic carboxylic acids is 2. The summed E-state index contributed by atoms with van der Waals surface area (Å²) in [6.45, 7) is 4.91. The molecule has 486 valence electrons. The standard InChI is InChI=1S/C57H73N7O18.C2HF3O2/c1-4-5-6-7-8-9-10-11-15-18-46(66)61-48-50(68)49(67)45(31-65)81-57(48)82-52-43(79-37-22-20-36(21-23-37)63(75)76)29-35-30-44(52)80-42-24-19-34(28-41(42)64(77)78)27-40(59-53(70)38(58)25-32(2)3)54(71)60-39(26-33-16-13-12-14-17-33)55(72)62-47(35)51(69)56(73)74;3-2(4,5)1(6)7/h12-14,16-17,19-24,28-30,32,38-40,45,47-51,57,65,67-69H,4-11,15,18,25-27,31,58H2,1-3H3,(H,59,70)(H,60,71)(H,61,66)(H,62,72)(H,73,74);(H,6,7)/t38-,39+,40-,45-,47-,48-,49-,50-,51-,57+;/m1./s1. The quantitative estimate of drug-likeness (QED) is 0.0204. The van der Waals surface area contributed by atoms with Crippen LogP contribution in [0.5, 0.6) is 28.7 Å². The van der Waals surface area contributed by atoms with Crippen molar-refractivity contribution in [3.8, 4) is 28.7 Å². The van der Waals surface area contributed by atoms with Crippen LogP contribution in [0.25, 0.3) is 0 Å². The molecular weight excluding hydrogens is 1180 g/mol. The number of hydrogen-bond acceptors (Lipinski definition) is 19. The number of amides is 4. The molecule has 0 unspecified atom stereocenters. The molecule has 3 aliphatic heterocycles.